The molecule has 0 unspecified atom stereocenters. The van der Waals surface area contributed by atoms with E-state index in [0.717, 1.165) is 49.7 Å². The van der Waals surface area contributed by atoms with Crippen LogP contribution < -0.4 is 10.6 Å². The molecule has 6 rings (SSSR count). The quantitative estimate of drug-likeness (QED) is 0.351. The van der Waals surface area contributed by atoms with Crippen molar-refractivity contribution >= 4 is 41.0 Å². The van der Waals surface area contributed by atoms with Crippen LogP contribution in [0.1, 0.15) is 61.6 Å². The highest BCUT2D eigenvalue weighted by molar-refractivity contribution is 6.33. The summed E-state index contributed by atoms with van der Waals surface area (Å²) >= 11 is 5.68. The van der Waals surface area contributed by atoms with Crippen molar-refractivity contribution in [2.24, 2.45) is 0 Å². The lowest BCUT2D eigenvalue weighted by Crippen LogP contribution is -2.51. The molecular formula is C36H48ClF3N6O4. The molecule has 2 N–H and O–H groups in total. The van der Waals surface area contributed by atoms with Gasteiger partial charge in [-0.25, -0.2) is 9.59 Å². The summed E-state index contributed by atoms with van der Waals surface area (Å²) in [6.45, 7) is 6.94. The van der Waals surface area contributed by atoms with Crippen LogP contribution in [0.2, 0.25) is 5.02 Å². The number of ether oxygens (including phenoxy) is 1. The van der Waals surface area contributed by atoms with Gasteiger partial charge >= 0.3 is 18.3 Å². The van der Waals surface area contributed by atoms with E-state index >= 15 is 0 Å². The third-order valence-electron chi connectivity index (χ3n) is 10.1. The van der Waals surface area contributed by atoms with Crippen LogP contribution in [0.5, 0.6) is 0 Å². The van der Waals surface area contributed by atoms with Gasteiger partial charge in [0.15, 0.2) is 6.61 Å². The number of nitrogens with zero attached hydrogens (tertiary/aromatic N) is 4. The predicted molar refractivity (Wildman–Crippen MR) is 188 cm³/mol. The monoisotopic (exact) mass is 720 g/mol. The number of benzene rings is 2. The minimum Gasteiger partial charge on any atom is -0.439 e. The Labute approximate surface area is 297 Å². The van der Waals surface area contributed by atoms with Crippen LogP contribution in [0, 0.1) is 6.92 Å². The number of anilines is 2. The number of likely N-dealkylation sites (tertiary alicyclic amines) is 3. The molecule has 4 heterocycles. The molecular weight excluding hydrogens is 673 g/mol. The number of hydrogen-bond donors (Lipinski definition) is 2. The van der Waals surface area contributed by atoms with Crippen LogP contribution in [-0.4, -0.2) is 109 Å². The second-order valence-corrected chi connectivity index (χ2v) is 13.8. The van der Waals surface area contributed by atoms with Crippen molar-refractivity contribution in [3.05, 3.63) is 58.1 Å². The number of aryl methyl sites for hydroxylation is 1. The average Bonchev–Trinajstić information content (AvgIpc) is 3.28. The van der Waals surface area contributed by atoms with Gasteiger partial charge in [0.25, 0.3) is 5.91 Å². The Morgan fingerprint density at radius 2 is 1.56 bits per heavy atom. The van der Waals surface area contributed by atoms with E-state index in [1.165, 1.54) is 45.5 Å². The maximum Gasteiger partial charge on any atom is 0.418 e. The molecule has 0 aromatic heterocycles. The number of fused-ring (bicyclic) bond motifs is 1. The molecule has 4 aliphatic heterocycles. The molecule has 3 saturated heterocycles. The highest BCUT2D eigenvalue weighted by Crippen LogP contribution is 2.39. The zero-order chi connectivity index (χ0) is 35.8. The van der Waals surface area contributed by atoms with E-state index in [2.05, 4.69) is 21.6 Å². The molecule has 4 amide bonds. The molecule has 0 aliphatic carbocycles. The first-order valence-corrected chi connectivity index (χ1v) is 18.0. The van der Waals surface area contributed by atoms with E-state index in [-0.39, 0.29) is 35.3 Å². The number of hydrogen-bond acceptors (Lipinski definition) is 6. The lowest BCUT2D eigenvalue weighted by Gasteiger charge is -2.40. The van der Waals surface area contributed by atoms with Gasteiger partial charge in [0, 0.05) is 57.5 Å². The van der Waals surface area contributed by atoms with E-state index in [4.69, 9.17) is 16.3 Å². The normalized spacial score (nSPS) is 19.5. The fraction of sp³-hybridized carbons (Fsp3) is 0.583. The molecule has 274 valence electrons. The number of para-hydroxylation sites is 1. The van der Waals surface area contributed by atoms with E-state index in [9.17, 15) is 27.6 Å². The number of rotatable bonds is 5. The van der Waals surface area contributed by atoms with Gasteiger partial charge in [0.05, 0.1) is 16.3 Å². The van der Waals surface area contributed by atoms with E-state index < -0.39 is 17.8 Å². The third kappa shape index (κ3) is 9.54. The lowest BCUT2D eigenvalue weighted by atomic mass is 10.00. The SMILES string of the molecule is CNc1c(Cl)cc(C)cc1C(F)(F)F.O=C(COC(=O)N1CCC(N2CCc3ccccc3NC2=O)CC1)N1CCC(N2CCCCC2)CC1. The summed E-state index contributed by atoms with van der Waals surface area (Å²) in [5.74, 6) is -0.101. The van der Waals surface area contributed by atoms with Gasteiger partial charge in [-0.1, -0.05) is 36.2 Å². The Morgan fingerprint density at radius 3 is 2.22 bits per heavy atom. The molecule has 10 nitrogen and oxygen atoms in total. The minimum absolute atomic E-state index is 0.0735. The third-order valence-corrected chi connectivity index (χ3v) is 10.4. The van der Waals surface area contributed by atoms with Crippen LogP contribution in [0.4, 0.5) is 34.1 Å². The van der Waals surface area contributed by atoms with Gasteiger partial charge in [0.2, 0.25) is 0 Å². The molecule has 3 fully saturated rings. The smallest absolute Gasteiger partial charge is 0.418 e. The maximum absolute atomic E-state index is 12.8. The van der Waals surface area contributed by atoms with Crippen LogP contribution >= 0.6 is 11.6 Å². The molecule has 2 aromatic carbocycles. The summed E-state index contributed by atoms with van der Waals surface area (Å²) in [6.07, 6.45) is 3.32. The van der Waals surface area contributed by atoms with Gasteiger partial charge in [0.1, 0.15) is 0 Å². The summed E-state index contributed by atoms with van der Waals surface area (Å²) in [6, 6.07) is 11.1. The Hall–Kier alpha value is -3.71. The number of urea groups is 1. The summed E-state index contributed by atoms with van der Waals surface area (Å²) in [7, 11) is 1.41. The van der Waals surface area contributed by atoms with Crippen molar-refractivity contribution in [2.75, 3.05) is 70.1 Å². The van der Waals surface area contributed by atoms with Gasteiger partial charge < -0.3 is 35.0 Å². The van der Waals surface area contributed by atoms with E-state index in [1.54, 1.807) is 11.8 Å². The van der Waals surface area contributed by atoms with Crippen LogP contribution in [0.3, 0.4) is 0 Å². The number of carbonyl (C=O) groups is 3. The van der Waals surface area contributed by atoms with Gasteiger partial charge in [-0.2, -0.15) is 13.2 Å². The number of carbonyl (C=O) groups excluding carboxylic acids is 3. The first-order chi connectivity index (χ1) is 23.9. The van der Waals surface area contributed by atoms with E-state index in [0.29, 0.717) is 44.1 Å². The van der Waals surface area contributed by atoms with Crippen molar-refractivity contribution in [3.63, 3.8) is 0 Å². The fourth-order valence-electron chi connectivity index (χ4n) is 7.39. The molecule has 4 aliphatic rings. The number of halogens is 4. The molecule has 0 spiro atoms. The number of piperidine rings is 3. The number of alkyl halides is 3. The highest BCUT2D eigenvalue weighted by atomic mass is 35.5. The zero-order valence-corrected chi connectivity index (χ0v) is 29.6. The van der Waals surface area contributed by atoms with Crippen LogP contribution in [0.25, 0.3) is 0 Å². The lowest BCUT2D eigenvalue weighted by molar-refractivity contribution is -0.137. The zero-order valence-electron chi connectivity index (χ0n) is 28.9. The van der Waals surface area contributed by atoms with Crippen molar-refractivity contribution in [1.29, 1.82) is 0 Å². The fourth-order valence-corrected chi connectivity index (χ4v) is 7.76. The second kappa shape index (κ2) is 17.0. The van der Waals surface area contributed by atoms with Crippen molar-refractivity contribution in [2.45, 2.75) is 76.6 Å². The summed E-state index contributed by atoms with van der Waals surface area (Å²) in [5, 5.41) is 5.55. The summed E-state index contributed by atoms with van der Waals surface area (Å²) in [5.41, 5.74) is 1.71. The molecule has 14 heteroatoms. The Morgan fingerprint density at radius 1 is 0.920 bits per heavy atom. The van der Waals surface area contributed by atoms with Crippen LogP contribution in [0.15, 0.2) is 36.4 Å². The molecule has 2 aromatic rings. The summed E-state index contributed by atoms with van der Waals surface area (Å²) in [4.78, 5) is 46.1. The van der Waals surface area contributed by atoms with Crippen molar-refractivity contribution in [1.82, 2.24) is 19.6 Å². The van der Waals surface area contributed by atoms with Crippen LogP contribution in [-0.2, 0) is 22.1 Å². The average molecular weight is 721 g/mol. The predicted octanol–water partition coefficient (Wildman–Crippen LogP) is 6.86. The second-order valence-electron chi connectivity index (χ2n) is 13.4. The first-order valence-electron chi connectivity index (χ1n) is 17.6. The number of amides is 4. The molecule has 0 atom stereocenters. The Balaban J connectivity index is 0.000000292. The molecule has 50 heavy (non-hydrogen) atoms. The summed E-state index contributed by atoms with van der Waals surface area (Å²) < 4.78 is 42.9. The molecule has 0 saturated carbocycles. The minimum atomic E-state index is -4.38. The van der Waals surface area contributed by atoms with E-state index in [1.807, 2.05) is 28.0 Å². The Kier molecular flexibility index (Phi) is 12.8. The first kappa shape index (κ1) is 37.5. The van der Waals surface area contributed by atoms with Crippen molar-refractivity contribution in [3.8, 4) is 0 Å². The topological polar surface area (TPSA) is 97.5 Å². The van der Waals surface area contributed by atoms with Gasteiger partial charge in [-0.15, -0.1) is 0 Å². The molecule has 0 bridgehead atoms. The molecule has 0 radical (unpaired) electrons. The van der Waals surface area contributed by atoms with Crippen molar-refractivity contribution < 1.29 is 32.3 Å². The largest absolute Gasteiger partial charge is 0.439 e. The van der Waals surface area contributed by atoms with Gasteiger partial charge in [-0.3, -0.25) is 4.79 Å². The standard InChI is InChI=1S/C27H39N5O4.C9H9ClF3N/c33-25(30-15-9-22(10-16-30)29-13-4-1-5-14-29)20-36-27(35)31-17-11-23(12-18-31)32-19-8-21-6-2-3-7-24(21)28-26(32)34;1-5-3-6(9(11,12)13)8(14-2)7(10)4-5/h2-3,6-7,22-23H,1,4-5,8-20H2,(H,28,34);3-4,14H,1-2H3. The Bertz CT molecular complexity index is 1490. The highest BCUT2D eigenvalue weighted by Gasteiger charge is 2.35. The number of nitrogens with one attached hydrogen (secondary N) is 2. The maximum atomic E-state index is 12.8. The van der Waals surface area contributed by atoms with Gasteiger partial charge in [-0.05, 0) is 94.3 Å².